The van der Waals surface area contributed by atoms with Crippen molar-refractivity contribution in [2.45, 2.75) is 95.4 Å². The second-order valence-corrected chi connectivity index (χ2v) is 15.4. The summed E-state index contributed by atoms with van der Waals surface area (Å²) in [6.45, 7) is 8.71. The summed E-state index contributed by atoms with van der Waals surface area (Å²) in [6, 6.07) is 8.89. The second kappa shape index (κ2) is 9.74. The molecular weight excluding hydrogens is 538 g/mol. The quantitative estimate of drug-likeness (QED) is 0.239. The monoisotopic (exact) mass is 583 g/mol. The molecule has 0 bridgehead atoms. The van der Waals surface area contributed by atoms with E-state index in [2.05, 4.69) is 58.8 Å². The highest BCUT2D eigenvalue weighted by molar-refractivity contribution is 5.86. The summed E-state index contributed by atoms with van der Waals surface area (Å²) in [7, 11) is 0. The van der Waals surface area contributed by atoms with Crippen molar-refractivity contribution in [3.63, 3.8) is 0 Å². The van der Waals surface area contributed by atoms with E-state index < -0.39 is 12.2 Å². The first-order valence-corrected chi connectivity index (χ1v) is 16.2. The Morgan fingerprint density at radius 3 is 2.65 bits per heavy atom. The molecule has 8 rings (SSSR count). The van der Waals surface area contributed by atoms with Crippen LogP contribution in [0, 0.1) is 23.2 Å². The van der Waals surface area contributed by atoms with Gasteiger partial charge in [-0.05, 0) is 85.0 Å². The standard InChI is InChI=1S/C34H45N7O2/c1-33(2,3)21-6-7-25-26(11-21)39-28(38-25)12-22-13-34(22)14-23(15-34)40(16-19-4-5-19)17-20-10-27(30(43)29(20)42)41-9-8-24-31(35)36-18-37-32(24)41/h6-9,11,18-20,22-23,27,29-30,42-43H,4-5,10,12-17H2,1-3H3,(H,38,39)(H2,35,36,37)/t20-,22+,23?,27-,29-,30+,34?/m1/s1. The Bertz CT molecular complexity index is 1660. The third-order valence-electron chi connectivity index (χ3n) is 11.3. The molecule has 43 heavy (non-hydrogen) atoms. The van der Waals surface area contributed by atoms with Crippen LogP contribution in [0.25, 0.3) is 22.1 Å². The molecule has 9 nitrogen and oxygen atoms in total. The topological polar surface area (TPSA) is 129 Å². The summed E-state index contributed by atoms with van der Waals surface area (Å²) in [5.74, 6) is 3.08. The Balaban J connectivity index is 0.923. The molecule has 1 aromatic carbocycles. The molecule has 1 spiro atoms. The normalized spacial score (nSPS) is 32.3. The molecule has 0 radical (unpaired) electrons. The van der Waals surface area contributed by atoms with Crippen molar-refractivity contribution in [3.8, 4) is 0 Å². The molecule has 4 aliphatic rings. The number of nitrogens with one attached hydrogen (secondary N) is 1. The number of anilines is 1. The summed E-state index contributed by atoms with van der Waals surface area (Å²) in [6.07, 6.45) is 9.97. The van der Waals surface area contributed by atoms with E-state index in [1.54, 1.807) is 0 Å². The second-order valence-electron chi connectivity index (χ2n) is 15.4. The average molecular weight is 584 g/mol. The molecule has 5 N–H and O–H groups in total. The van der Waals surface area contributed by atoms with Gasteiger partial charge >= 0.3 is 0 Å². The Kier molecular flexibility index (Phi) is 6.24. The van der Waals surface area contributed by atoms with Crippen LogP contribution in [0.15, 0.2) is 36.8 Å². The number of nitrogen functional groups attached to an aromatic ring is 1. The Morgan fingerprint density at radius 1 is 1.07 bits per heavy atom. The van der Waals surface area contributed by atoms with Crippen molar-refractivity contribution in [1.82, 2.24) is 29.4 Å². The van der Waals surface area contributed by atoms with Gasteiger partial charge in [-0.1, -0.05) is 26.8 Å². The molecule has 228 valence electrons. The van der Waals surface area contributed by atoms with E-state index in [1.165, 1.54) is 44.0 Å². The first-order chi connectivity index (χ1) is 20.6. The van der Waals surface area contributed by atoms with Crippen LogP contribution in [0.3, 0.4) is 0 Å². The Hall–Kier alpha value is -3.01. The smallest absolute Gasteiger partial charge is 0.145 e. The minimum atomic E-state index is -0.830. The van der Waals surface area contributed by atoms with Gasteiger partial charge in [0.1, 0.15) is 29.7 Å². The average Bonchev–Trinajstić information content (AvgIpc) is 3.77. The fourth-order valence-corrected chi connectivity index (χ4v) is 8.34. The molecule has 0 saturated heterocycles. The van der Waals surface area contributed by atoms with E-state index in [9.17, 15) is 10.2 Å². The maximum absolute atomic E-state index is 11.2. The number of nitrogens with zero attached hydrogens (tertiary/aromatic N) is 5. The van der Waals surface area contributed by atoms with Gasteiger partial charge in [0.05, 0.1) is 28.6 Å². The van der Waals surface area contributed by atoms with Crippen LogP contribution < -0.4 is 5.73 Å². The number of H-pyrrole nitrogens is 1. The van der Waals surface area contributed by atoms with Gasteiger partial charge < -0.3 is 25.5 Å². The number of aliphatic hydroxyl groups excluding tert-OH is 2. The minimum absolute atomic E-state index is 0.0236. The highest BCUT2D eigenvalue weighted by atomic mass is 16.3. The Morgan fingerprint density at radius 2 is 1.88 bits per heavy atom. The third-order valence-corrected chi connectivity index (χ3v) is 11.3. The maximum Gasteiger partial charge on any atom is 0.145 e. The first-order valence-electron chi connectivity index (χ1n) is 16.2. The predicted molar refractivity (Wildman–Crippen MR) is 167 cm³/mol. The number of aliphatic hydroxyl groups is 2. The largest absolute Gasteiger partial charge is 0.390 e. The van der Waals surface area contributed by atoms with Gasteiger partial charge in [-0.25, -0.2) is 15.0 Å². The number of hydrogen-bond donors (Lipinski definition) is 4. The van der Waals surface area contributed by atoms with Gasteiger partial charge in [0.2, 0.25) is 0 Å². The van der Waals surface area contributed by atoms with Crippen LogP contribution in [-0.4, -0.2) is 71.0 Å². The zero-order chi connectivity index (χ0) is 29.7. The van der Waals surface area contributed by atoms with Crippen LogP contribution in [0.4, 0.5) is 5.82 Å². The summed E-state index contributed by atoms with van der Waals surface area (Å²) in [4.78, 5) is 19.8. The van der Waals surface area contributed by atoms with E-state index in [4.69, 9.17) is 10.7 Å². The highest BCUT2D eigenvalue weighted by Gasteiger charge is 2.62. The van der Waals surface area contributed by atoms with Crippen molar-refractivity contribution >= 4 is 27.9 Å². The van der Waals surface area contributed by atoms with Crippen molar-refractivity contribution in [2.24, 2.45) is 23.2 Å². The molecule has 9 heteroatoms. The summed E-state index contributed by atoms with van der Waals surface area (Å²) in [5.41, 5.74) is 10.9. The molecule has 4 aromatic rings. The number of nitrogens with two attached hydrogens (primary N) is 1. The molecular formula is C34H45N7O2. The molecule has 3 aromatic heterocycles. The van der Waals surface area contributed by atoms with Crippen LogP contribution >= 0.6 is 0 Å². The van der Waals surface area contributed by atoms with Crippen molar-refractivity contribution < 1.29 is 10.2 Å². The van der Waals surface area contributed by atoms with Crippen LogP contribution in [0.1, 0.15) is 76.7 Å². The van der Waals surface area contributed by atoms with Crippen LogP contribution in [0.2, 0.25) is 0 Å². The van der Waals surface area contributed by atoms with E-state index in [0.29, 0.717) is 23.2 Å². The first kappa shape index (κ1) is 27.5. The molecule has 0 aliphatic heterocycles. The summed E-state index contributed by atoms with van der Waals surface area (Å²) < 4.78 is 1.99. The van der Waals surface area contributed by atoms with E-state index in [0.717, 1.165) is 59.7 Å². The van der Waals surface area contributed by atoms with Crippen LogP contribution in [0.5, 0.6) is 0 Å². The number of benzene rings is 1. The van der Waals surface area contributed by atoms with Gasteiger partial charge in [-0.15, -0.1) is 0 Å². The molecule has 4 fully saturated rings. The lowest BCUT2D eigenvalue weighted by Gasteiger charge is -2.46. The zero-order valence-electron chi connectivity index (χ0n) is 25.6. The highest BCUT2D eigenvalue weighted by Crippen LogP contribution is 2.67. The number of rotatable bonds is 8. The van der Waals surface area contributed by atoms with Gasteiger partial charge in [0.15, 0.2) is 0 Å². The van der Waals surface area contributed by atoms with Crippen molar-refractivity contribution in [2.75, 3.05) is 18.8 Å². The lowest BCUT2D eigenvalue weighted by atomic mass is 9.73. The number of hydrogen-bond acceptors (Lipinski definition) is 7. The van der Waals surface area contributed by atoms with E-state index >= 15 is 0 Å². The van der Waals surface area contributed by atoms with Gasteiger partial charge in [-0.2, -0.15) is 0 Å². The van der Waals surface area contributed by atoms with Gasteiger partial charge in [-0.3, -0.25) is 4.90 Å². The van der Waals surface area contributed by atoms with Gasteiger partial charge in [0, 0.05) is 37.7 Å². The molecule has 5 atom stereocenters. The fraction of sp³-hybridized carbons (Fsp3) is 0.618. The number of imidazole rings is 1. The van der Waals surface area contributed by atoms with E-state index in [-0.39, 0.29) is 17.4 Å². The molecule has 0 amide bonds. The number of fused-ring (bicyclic) bond motifs is 2. The summed E-state index contributed by atoms with van der Waals surface area (Å²) in [5, 5.41) is 23.1. The lowest BCUT2D eigenvalue weighted by molar-refractivity contribution is -0.0153. The molecule has 3 heterocycles. The lowest BCUT2D eigenvalue weighted by Crippen LogP contribution is -2.50. The van der Waals surface area contributed by atoms with Crippen LogP contribution in [-0.2, 0) is 11.8 Å². The van der Waals surface area contributed by atoms with Gasteiger partial charge in [0.25, 0.3) is 0 Å². The molecule has 4 saturated carbocycles. The number of aromatic amines is 1. The Labute approximate surface area is 252 Å². The maximum atomic E-state index is 11.2. The van der Waals surface area contributed by atoms with E-state index in [1.807, 2.05) is 16.8 Å². The third kappa shape index (κ3) is 4.84. The van der Waals surface area contributed by atoms with Crippen molar-refractivity contribution in [1.29, 1.82) is 0 Å². The predicted octanol–water partition coefficient (Wildman–Crippen LogP) is 4.59. The SMILES string of the molecule is CC(C)(C)c1ccc2nc(C[C@H]3CC34CC(N(CC3CC3)C[C@H]3C[C@@H](n5ccc6c(N)ncnc65)[C@H](O)[C@@H]3O)C4)[nH]c2c1. The zero-order valence-corrected chi connectivity index (χ0v) is 25.6. The molecule has 0 unspecified atom stereocenters. The fourth-order valence-electron chi connectivity index (χ4n) is 8.34. The minimum Gasteiger partial charge on any atom is -0.390 e. The van der Waals surface area contributed by atoms with Crippen molar-refractivity contribution in [3.05, 3.63) is 48.2 Å². The number of aromatic nitrogens is 5. The summed E-state index contributed by atoms with van der Waals surface area (Å²) >= 11 is 0. The molecule has 4 aliphatic carbocycles.